The zero-order valence-corrected chi connectivity index (χ0v) is 23.6. The zero-order valence-electron chi connectivity index (χ0n) is 22.1. The van der Waals surface area contributed by atoms with Crippen molar-refractivity contribution in [3.8, 4) is 28.6 Å². The number of piperazine rings is 1. The van der Waals surface area contributed by atoms with Crippen molar-refractivity contribution in [1.29, 1.82) is 0 Å². The van der Waals surface area contributed by atoms with Gasteiger partial charge < -0.3 is 4.74 Å². The summed E-state index contributed by atoms with van der Waals surface area (Å²) in [4.78, 5) is 4.92. The standard InChI is InChI=1S/C32H30ClN5OS/c33-27-13-11-26(12-14-27)31-34-37(24-36-21-19-35(20-22-36)23-25-7-3-1-4-8-25)32(40)38(31)28-15-17-30(18-16-28)39-29-9-5-2-6-10-29/h1-18H,19-24H2. The molecule has 0 spiro atoms. The zero-order chi connectivity index (χ0) is 27.3. The summed E-state index contributed by atoms with van der Waals surface area (Å²) in [5.74, 6) is 2.33. The van der Waals surface area contributed by atoms with Gasteiger partial charge in [0, 0.05) is 43.3 Å². The van der Waals surface area contributed by atoms with Gasteiger partial charge in [-0.2, -0.15) is 0 Å². The third-order valence-electron chi connectivity index (χ3n) is 7.06. The van der Waals surface area contributed by atoms with Gasteiger partial charge in [-0.05, 0) is 78.4 Å². The number of rotatable bonds is 8. The van der Waals surface area contributed by atoms with E-state index >= 15 is 0 Å². The van der Waals surface area contributed by atoms with Gasteiger partial charge in [0.1, 0.15) is 11.5 Å². The lowest BCUT2D eigenvalue weighted by molar-refractivity contribution is 0.0981. The third kappa shape index (κ3) is 6.18. The van der Waals surface area contributed by atoms with Crippen LogP contribution in [0.3, 0.4) is 0 Å². The number of benzene rings is 4. The summed E-state index contributed by atoms with van der Waals surface area (Å²) < 4.78 is 10.6. The Kier molecular flexibility index (Phi) is 8.07. The highest BCUT2D eigenvalue weighted by Gasteiger charge is 2.20. The predicted octanol–water partition coefficient (Wildman–Crippen LogP) is 7.29. The average molecular weight is 568 g/mol. The smallest absolute Gasteiger partial charge is 0.204 e. The molecule has 0 N–H and O–H groups in total. The number of aromatic nitrogens is 3. The molecule has 1 aromatic heterocycles. The fraction of sp³-hybridized carbons (Fsp3) is 0.188. The van der Waals surface area contributed by atoms with Gasteiger partial charge >= 0.3 is 0 Å². The lowest BCUT2D eigenvalue weighted by Crippen LogP contribution is -2.46. The molecular weight excluding hydrogens is 538 g/mol. The van der Waals surface area contributed by atoms with Crippen LogP contribution in [0.5, 0.6) is 11.5 Å². The van der Waals surface area contributed by atoms with E-state index in [9.17, 15) is 0 Å². The predicted molar refractivity (Wildman–Crippen MR) is 163 cm³/mol. The van der Waals surface area contributed by atoms with E-state index in [2.05, 4.69) is 40.1 Å². The van der Waals surface area contributed by atoms with Crippen molar-refractivity contribution < 1.29 is 4.74 Å². The van der Waals surface area contributed by atoms with Crippen LogP contribution >= 0.6 is 23.8 Å². The number of hydrogen-bond acceptors (Lipinski definition) is 5. The molecule has 0 amide bonds. The molecule has 1 aliphatic heterocycles. The molecule has 202 valence electrons. The number of halogens is 1. The van der Waals surface area contributed by atoms with Gasteiger partial charge in [0.25, 0.3) is 0 Å². The molecule has 1 fully saturated rings. The van der Waals surface area contributed by atoms with Crippen molar-refractivity contribution in [2.45, 2.75) is 13.2 Å². The second-order valence-corrected chi connectivity index (χ2v) is 10.7. The number of nitrogens with zero attached hydrogens (tertiary/aromatic N) is 5. The minimum atomic E-state index is 0.640. The molecule has 40 heavy (non-hydrogen) atoms. The van der Waals surface area contributed by atoms with Crippen molar-refractivity contribution in [3.63, 3.8) is 0 Å². The molecular formula is C32H30ClN5OS. The summed E-state index contributed by atoms with van der Waals surface area (Å²) in [6.07, 6.45) is 0. The quantitative estimate of drug-likeness (QED) is 0.184. The van der Waals surface area contributed by atoms with Crippen LogP contribution in [0, 0.1) is 4.77 Å². The van der Waals surface area contributed by atoms with Crippen LogP contribution in [0.25, 0.3) is 17.1 Å². The molecule has 0 aliphatic carbocycles. The molecule has 1 aliphatic rings. The van der Waals surface area contributed by atoms with E-state index in [1.54, 1.807) is 0 Å². The van der Waals surface area contributed by atoms with Crippen LogP contribution in [-0.4, -0.2) is 50.3 Å². The van der Waals surface area contributed by atoms with E-state index in [1.165, 1.54) is 5.56 Å². The van der Waals surface area contributed by atoms with Crippen molar-refractivity contribution in [2.24, 2.45) is 0 Å². The lowest BCUT2D eigenvalue weighted by atomic mass is 10.2. The fourth-order valence-corrected chi connectivity index (χ4v) is 5.34. The third-order valence-corrected chi connectivity index (χ3v) is 7.71. The summed E-state index contributed by atoms with van der Waals surface area (Å²) in [7, 11) is 0. The van der Waals surface area contributed by atoms with Crippen molar-refractivity contribution >= 4 is 23.8 Å². The summed E-state index contributed by atoms with van der Waals surface area (Å²) in [5, 5.41) is 5.69. The summed E-state index contributed by atoms with van der Waals surface area (Å²) >= 11 is 12.2. The van der Waals surface area contributed by atoms with Gasteiger partial charge in [-0.1, -0.05) is 60.1 Å². The van der Waals surface area contributed by atoms with Crippen molar-refractivity contribution in [3.05, 3.63) is 125 Å². The Morgan fingerprint density at radius 2 is 1.30 bits per heavy atom. The van der Waals surface area contributed by atoms with E-state index in [-0.39, 0.29) is 0 Å². The first-order chi connectivity index (χ1) is 19.6. The number of para-hydroxylation sites is 1. The molecule has 0 bridgehead atoms. The van der Waals surface area contributed by atoms with Crippen molar-refractivity contribution in [1.82, 2.24) is 24.1 Å². The molecule has 6 rings (SSSR count). The molecule has 0 saturated carbocycles. The number of ether oxygens (including phenoxy) is 1. The maximum atomic E-state index is 6.19. The Labute approximate surface area is 244 Å². The van der Waals surface area contributed by atoms with Crippen LogP contribution in [0.2, 0.25) is 5.02 Å². The molecule has 8 heteroatoms. The Hall–Kier alpha value is -3.75. The summed E-state index contributed by atoms with van der Waals surface area (Å²) in [6.45, 7) is 5.56. The van der Waals surface area contributed by atoms with Crippen LogP contribution in [0.4, 0.5) is 0 Å². The van der Waals surface area contributed by atoms with Gasteiger partial charge in [-0.15, -0.1) is 5.10 Å². The lowest BCUT2D eigenvalue weighted by Gasteiger charge is -2.34. The van der Waals surface area contributed by atoms with E-state index in [0.717, 1.165) is 61.3 Å². The summed E-state index contributed by atoms with van der Waals surface area (Å²) in [5.41, 5.74) is 3.23. The molecule has 0 atom stereocenters. The maximum Gasteiger partial charge on any atom is 0.204 e. The molecule has 5 aromatic rings. The highest BCUT2D eigenvalue weighted by Crippen LogP contribution is 2.27. The van der Waals surface area contributed by atoms with Crippen LogP contribution < -0.4 is 4.74 Å². The average Bonchev–Trinajstić information content (AvgIpc) is 3.31. The van der Waals surface area contributed by atoms with Crippen molar-refractivity contribution in [2.75, 3.05) is 26.2 Å². The van der Waals surface area contributed by atoms with E-state index < -0.39 is 0 Å². The molecule has 2 heterocycles. The molecule has 0 radical (unpaired) electrons. The molecule has 0 unspecified atom stereocenters. The van der Waals surface area contributed by atoms with Gasteiger partial charge in [0.05, 0.1) is 12.4 Å². The highest BCUT2D eigenvalue weighted by molar-refractivity contribution is 7.71. The monoisotopic (exact) mass is 567 g/mol. The van der Waals surface area contributed by atoms with E-state index in [0.29, 0.717) is 16.5 Å². The minimum absolute atomic E-state index is 0.640. The Morgan fingerprint density at radius 3 is 1.98 bits per heavy atom. The molecule has 4 aromatic carbocycles. The number of hydrogen-bond donors (Lipinski definition) is 0. The topological polar surface area (TPSA) is 38.5 Å². The highest BCUT2D eigenvalue weighted by atomic mass is 35.5. The van der Waals surface area contributed by atoms with E-state index in [1.807, 2.05) is 88.1 Å². The normalized spacial score (nSPS) is 14.3. The van der Waals surface area contributed by atoms with Gasteiger partial charge in [-0.3, -0.25) is 14.4 Å². The SMILES string of the molecule is S=c1n(CN2CCN(Cc3ccccc3)CC2)nc(-c2ccc(Cl)cc2)n1-c1ccc(Oc2ccccc2)cc1. The minimum Gasteiger partial charge on any atom is -0.457 e. The van der Waals surface area contributed by atoms with Crippen LogP contribution in [0.15, 0.2) is 109 Å². The van der Waals surface area contributed by atoms with Gasteiger partial charge in [0.15, 0.2) is 5.82 Å². The second-order valence-electron chi connectivity index (χ2n) is 9.88. The Bertz CT molecular complexity index is 1590. The largest absolute Gasteiger partial charge is 0.457 e. The first-order valence-electron chi connectivity index (χ1n) is 13.4. The maximum absolute atomic E-state index is 6.19. The fourth-order valence-electron chi connectivity index (χ4n) is 4.93. The molecule has 1 saturated heterocycles. The Balaban J connectivity index is 1.23. The Morgan fingerprint density at radius 1 is 0.700 bits per heavy atom. The second kappa shape index (κ2) is 12.2. The van der Waals surface area contributed by atoms with Gasteiger partial charge in [0.2, 0.25) is 4.77 Å². The first-order valence-corrected chi connectivity index (χ1v) is 14.2. The molecule has 6 nitrogen and oxygen atoms in total. The van der Waals surface area contributed by atoms with Gasteiger partial charge in [-0.25, -0.2) is 4.68 Å². The van der Waals surface area contributed by atoms with E-state index in [4.69, 9.17) is 33.7 Å². The first kappa shape index (κ1) is 26.5. The summed E-state index contributed by atoms with van der Waals surface area (Å²) in [6, 6.07) is 36.1. The van der Waals surface area contributed by atoms with Crippen LogP contribution in [0.1, 0.15) is 5.56 Å². The van der Waals surface area contributed by atoms with Crippen LogP contribution in [-0.2, 0) is 13.2 Å².